The van der Waals surface area contributed by atoms with Gasteiger partial charge in [0.1, 0.15) is 17.0 Å². The molecule has 0 fully saturated rings. The number of carbonyl (C=O) groups is 1. The molecule has 0 aliphatic rings. The molecule has 0 bridgehead atoms. The molecule has 0 aliphatic heterocycles. The third-order valence-corrected chi connectivity index (χ3v) is 6.48. The Morgan fingerprint density at radius 1 is 1.21 bits per heavy atom. The van der Waals surface area contributed by atoms with Gasteiger partial charge in [-0.25, -0.2) is 23.1 Å². The van der Waals surface area contributed by atoms with E-state index in [9.17, 15) is 26.4 Å². The first kappa shape index (κ1) is 24.9. The second-order valence-corrected chi connectivity index (χ2v) is 9.64. The number of imidazole rings is 1. The van der Waals surface area contributed by atoms with Crippen molar-refractivity contribution in [1.82, 2.24) is 24.2 Å². The minimum atomic E-state index is -4.58. The quantitative estimate of drug-likeness (QED) is 0.464. The maximum absolute atomic E-state index is 12.9. The molecule has 0 aliphatic carbocycles. The van der Waals surface area contributed by atoms with Gasteiger partial charge in [-0.1, -0.05) is 31.4 Å². The molecule has 13 heteroatoms. The summed E-state index contributed by atoms with van der Waals surface area (Å²) in [6, 6.07) is 3.64. The number of halogens is 4. The van der Waals surface area contributed by atoms with E-state index >= 15 is 0 Å². The van der Waals surface area contributed by atoms with E-state index in [1.807, 2.05) is 11.6 Å². The summed E-state index contributed by atoms with van der Waals surface area (Å²) in [6.07, 6.45) is -1.90. The van der Waals surface area contributed by atoms with Crippen LogP contribution in [0.15, 0.2) is 24.4 Å². The van der Waals surface area contributed by atoms with Gasteiger partial charge in [-0.15, -0.1) is 0 Å². The Morgan fingerprint density at radius 3 is 2.58 bits per heavy atom. The van der Waals surface area contributed by atoms with Gasteiger partial charge in [0.05, 0.1) is 28.6 Å². The number of aryl methyl sites for hydroxylation is 1. The van der Waals surface area contributed by atoms with Gasteiger partial charge in [-0.3, -0.25) is 9.78 Å². The summed E-state index contributed by atoms with van der Waals surface area (Å²) in [5, 5.41) is -0.182. The number of hydrogen-bond acceptors (Lipinski definition) is 6. The highest BCUT2D eigenvalue weighted by atomic mass is 35.5. The molecular weight excluding hydrogens is 483 g/mol. The van der Waals surface area contributed by atoms with Gasteiger partial charge in [0.25, 0.3) is 5.91 Å². The average molecular weight is 504 g/mol. The molecule has 178 valence electrons. The lowest BCUT2D eigenvalue weighted by Crippen LogP contribution is -2.33. The number of alkyl halides is 3. The zero-order valence-electron chi connectivity index (χ0n) is 17.8. The first-order valence-electron chi connectivity index (χ1n) is 10.0. The van der Waals surface area contributed by atoms with Gasteiger partial charge < -0.3 is 4.57 Å². The molecule has 3 heterocycles. The second kappa shape index (κ2) is 9.64. The summed E-state index contributed by atoms with van der Waals surface area (Å²) < 4.78 is 66.4. The Bertz CT molecular complexity index is 1290. The SMILES string of the molecule is CCCCCS(=O)(=O)NC(=O)c1ccc2nc(C)n(Cc3ncc(C(F)(F)F)cc3Cl)c2n1. The Hall–Kier alpha value is -2.73. The van der Waals surface area contributed by atoms with E-state index in [-0.39, 0.29) is 34.4 Å². The number of rotatable bonds is 8. The summed E-state index contributed by atoms with van der Waals surface area (Å²) in [4.78, 5) is 24.9. The van der Waals surface area contributed by atoms with E-state index in [0.717, 1.165) is 18.9 Å². The number of sulfonamides is 1. The van der Waals surface area contributed by atoms with Crippen LogP contribution in [0.25, 0.3) is 11.2 Å². The van der Waals surface area contributed by atoms with E-state index in [0.29, 0.717) is 24.0 Å². The topological polar surface area (TPSA) is 107 Å². The second-order valence-electron chi connectivity index (χ2n) is 7.39. The van der Waals surface area contributed by atoms with Crippen molar-refractivity contribution in [2.24, 2.45) is 0 Å². The molecule has 0 saturated carbocycles. The van der Waals surface area contributed by atoms with E-state index in [1.54, 1.807) is 6.92 Å². The fourth-order valence-electron chi connectivity index (χ4n) is 3.10. The monoisotopic (exact) mass is 503 g/mol. The van der Waals surface area contributed by atoms with Crippen LogP contribution < -0.4 is 4.72 Å². The van der Waals surface area contributed by atoms with Gasteiger partial charge in [0, 0.05) is 6.20 Å². The normalized spacial score (nSPS) is 12.3. The number of fused-ring (bicyclic) bond motifs is 1. The Labute approximate surface area is 193 Å². The molecule has 3 aromatic heterocycles. The van der Waals surface area contributed by atoms with Gasteiger partial charge in [-0.2, -0.15) is 13.2 Å². The summed E-state index contributed by atoms with van der Waals surface area (Å²) in [5.41, 5.74) is -0.309. The fraction of sp³-hybridized carbons (Fsp3) is 0.400. The molecule has 8 nitrogen and oxygen atoms in total. The number of carbonyl (C=O) groups excluding carboxylic acids is 1. The van der Waals surface area contributed by atoms with E-state index < -0.39 is 27.7 Å². The van der Waals surface area contributed by atoms with Crippen LogP contribution in [0.5, 0.6) is 0 Å². The van der Waals surface area contributed by atoms with Crippen molar-refractivity contribution in [2.45, 2.75) is 45.8 Å². The Balaban J connectivity index is 1.88. The number of nitrogens with one attached hydrogen (secondary N) is 1. The highest BCUT2D eigenvalue weighted by Gasteiger charge is 2.31. The molecule has 0 aromatic carbocycles. The van der Waals surface area contributed by atoms with E-state index in [1.165, 1.54) is 16.7 Å². The highest BCUT2D eigenvalue weighted by molar-refractivity contribution is 7.90. The lowest BCUT2D eigenvalue weighted by molar-refractivity contribution is -0.137. The van der Waals surface area contributed by atoms with Crippen molar-refractivity contribution >= 4 is 38.7 Å². The Morgan fingerprint density at radius 2 is 1.94 bits per heavy atom. The molecule has 33 heavy (non-hydrogen) atoms. The number of unbranched alkanes of at least 4 members (excludes halogenated alkanes) is 2. The minimum Gasteiger partial charge on any atom is -0.307 e. The molecule has 1 amide bonds. The van der Waals surface area contributed by atoms with Crippen LogP contribution in [-0.2, 0) is 22.7 Å². The van der Waals surface area contributed by atoms with E-state index in [4.69, 9.17) is 11.6 Å². The first-order chi connectivity index (χ1) is 15.4. The van der Waals surface area contributed by atoms with Gasteiger partial charge in [0.2, 0.25) is 10.0 Å². The van der Waals surface area contributed by atoms with Crippen molar-refractivity contribution in [3.63, 3.8) is 0 Å². The van der Waals surface area contributed by atoms with Crippen LogP contribution in [0.3, 0.4) is 0 Å². The van der Waals surface area contributed by atoms with Crippen molar-refractivity contribution in [3.8, 4) is 0 Å². The molecule has 0 spiro atoms. The molecular formula is C20H21ClF3N5O3S. The number of nitrogens with zero attached hydrogens (tertiary/aromatic N) is 4. The van der Waals surface area contributed by atoms with Crippen molar-refractivity contribution in [3.05, 3.63) is 52.2 Å². The molecule has 0 atom stereocenters. The van der Waals surface area contributed by atoms with Crippen molar-refractivity contribution in [2.75, 3.05) is 5.75 Å². The predicted molar refractivity (Wildman–Crippen MR) is 116 cm³/mol. The third kappa shape index (κ3) is 5.99. The summed E-state index contributed by atoms with van der Waals surface area (Å²) in [6.45, 7) is 3.53. The number of hydrogen-bond donors (Lipinski definition) is 1. The van der Waals surface area contributed by atoms with Gasteiger partial charge in [0.15, 0.2) is 5.65 Å². The molecule has 1 N–H and O–H groups in total. The zero-order valence-corrected chi connectivity index (χ0v) is 19.4. The van der Waals surface area contributed by atoms with Crippen LogP contribution >= 0.6 is 11.6 Å². The summed E-state index contributed by atoms with van der Waals surface area (Å²) in [7, 11) is -3.81. The number of amides is 1. The Kier molecular flexibility index (Phi) is 7.27. The van der Waals surface area contributed by atoms with Crippen LogP contribution in [0.1, 0.15) is 53.8 Å². The molecule has 0 unspecified atom stereocenters. The van der Waals surface area contributed by atoms with Crippen LogP contribution in [-0.4, -0.2) is 39.6 Å². The molecule has 3 aromatic rings. The number of pyridine rings is 2. The summed E-state index contributed by atoms with van der Waals surface area (Å²) in [5.74, 6) is -0.603. The molecule has 0 radical (unpaired) electrons. The van der Waals surface area contributed by atoms with Crippen LogP contribution in [0.2, 0.25) is 5.02 Å². The fourth-order valence-corrected chi connectivity index (χ4v) is 4.40. The smallest absolute Gasteiger partial charge is 0.307 e. The zero-order chi connectivity index (χ0) is 24.4. The highest BCUT2D eigenvalue weighted by Crippen LogP contribution is 2.31. The van der Waals surface area contributed by atoms with E-state index in [2.05, 4.69) is 15.0 Å². The third-order valence-electron chi connectivity index (χ3n) is 4.83. The lowest BCUT2D eigenvalue weighted by atomic mass is 10.2. The standard InChI is InChI=1S/C20H21ClF3N5O3S/c1-3-4-5-8-33(31,32)28-19(30)16-7-6-15-18(27-16)29(12(2)26-15)11-17-14(21)9-13(10-25-17)20(22,23)24/h6-7,9-10H,3-5,8,11H2,1-2H3,(H,28,30). The van der Waals surface area contributed by atoms with Crippen molar-refractivity contribution in [1.29, 1.82) is 0 Å². The van der Waals surface area contributed by atoms with Crippen LogP contribution in [0, 0.1) is 6.92 Å². The van der Waals surface area contributed by atoms with Gasteiger partial charge in [-0.05, 0) is 31.5 Å². The first-order valence-corrected chi connectivity index (χ1v) is 12.0. The van der Waals surface area contributed by atoms with Crippen LogP contribution in [0.4, 0.5) is 13.2 Å². The maximum Gasteiger partial charge on any atom is 0.417 e. The predicted octanol–water partition coefficient (Wildman–Crippen LogP) is 4.11. The minimum absolute atomic E-state index is 0.0489. The van der Waals surface area contributed by atoms with Crippen molar-refractivity contribution < 1.29 is 26.4 Å². The lowest BCUT2D eigenvalue weighted by Gasteiger charge is -2.11. The van der Waals surface area contributed by atoms with Gasteiger partial charge >= 0.3 is 6.18 Å². The maximum atomic E-state index is 12.9. The molecule has 3 rings (SSSR count). The summed E-state index contributed by atoms with van der Waals surface area (Å²) >= 11 is 6.01. The number of aromatic nitrogens is 4. The molecule has 0 saturated heterocycles. The largest absolute Gasteiger partial charge is 0.417 e. The average Bonchev–Trinajstić information content (AvgIpc) is 3.02.